The minimum absolute atomic E-state index is 0.0883. The van der Waals surface area contributed by atoms with Gasteiger partial charge in [0.1, 0.15) is 0 Å². The van der Waals surface area contributed by atoms with Crippen molar-refractivity contribution in [1.29, 1.82) is 0 Å². The van der Waals surface area contributed by atoms with E-state index in [0.29, 0.717) is 6.54 Å². The summed E-state index contributed by atoms with van der Waals surface area (Å²) in [6.07, 6.45) is 5.98. The molecule has 5 heteroatoms. The van der Waals surface area contributed by atoms with E-state index in [1.165, 1.54) is 32.4 Å². The van der Waals surface area contributed by atoms with Crippen LogP contribution >= 0.6 is 0 Å². The highest BCUT2D eigenvalue weighted by molar-refractivity contribution is 5.78. The SMILES string of the molecule is CNCC(=O)NCC1(N2CCCCC2)CCOCC1. The first kappa shape index (κ1) is 14.8. The Hall–Kier alpha value is -0.650. The molecule has 2 rings (SSSR count). The number of likely N-dealkylation sites (tertiary alicyclic amines) is 1. The summed E-state index contributed by atoms with van der Waals surface area (Å²) in [4.78, 5) is 14.3. The van der Waals surface area contributed by atoms with Crippen LogP contribution < -0.4 is 10.6 Å². The molecule has 0 saturated carbocycles. The highest BCUT2D eigenvalue weighted by atomic mass is 16.5. The molecule has 1 amide bonds. The lowest BCUT2D eigenvalue weighted by molar-refractivity contribution is -0.121. The molecule has 19 heavy (non-hydrogen) atoms. The number of amides is 1. The quantitative estimate of drug-likeness (QED) is 0.756. The van der Waals surface area contributed by atoms with Crippen molar-refractivity contribution in [3.05, 3.63) is 0 Å². The van der Waals surface area contributed by atoms with Gasteiger partial charge < -0.3 is 15.4 Å². The molecule has 2 aliphatic rings. The molecule has 5 nitrogen and oxygen atoms in total. The second kappa shape index (κ2) is 7.22. The van der Waals surface area contributed by atoms with Crippen molar-refractivity contribution in [2.24, 2.45) is 0 Å². The zero-order valence-corrected chi connectivity index (χ0v) is 12.0. The molecule has 0 spiro atoms. The van der Waals surface area contributed by atoms with Gasteiger partial charge in [-0.3, -0.25) is 9.69 Å². The van der Waals surface area contributed by atoms with Crippen molar-refractivity contribution in [3.8, 4) is 0 Å². The normalized spacial score (nSPS) is 24.1. The summed E-state index contributed by atoms with van der Waals surface area (Å²) in [5.74, 6) is 0.0883. The van der Waals surface area contributed by atoms with E-state index in [-0.39, 0.29) is 11.4 Å². The van der Waals surface area contributed by atoms with Gasteiger partial charge in [0, 0.05) is 25.3 Å². The molecule has 0 radical (unpaired) electrons. The number of ether oxygens (including phenoxy) is 1. The van der Waals surface area contributed by atoms with Crippen LogP contribution in [0.15, 0.2) is 0 Å². The van der Waals surface area contributed by atoms with Crippen molar-refractivity contribution >= 4 is 5.91 Å². The summed E-state index contributed by atoms with van der Waals surface area (Å²) < 4.78 is 5.52. The van der Waals surface area contributed by atoms with Crippen molar-refractivity contribution < 1.29 is 9.53 Å². The molecule has 110 valence electrons. The predicted octanol–water partition coefficient (Wildman–Crippen LogP) is 0.357. The molecular weight excluding hydrogens is 242 g/mol. The maximum absolute atomic E-state index is 11.7. The fourth-order valence-electron chi connectivity index (χ4n) is 3.21. The smallest absolute Gasteiger partial charge is 0.234 e. The molecule has 0 atom stereocenters. The number of carbonyl (C=O) groups excluding carboxylic acids is 1. The summed E-state index contributed by atoms with van der Waals surface area (Å²) in [6.45, 7) is 5.13. The lowest BCUT2D eigenvalue weighted by Gasteiger charge is -2.48. The van der Waals surface area contributed by atoms with Gasteiger partial charge in [0.25, 0.3) is 0 Å². The Balaban J connectivity index is 1.95. The van der Waals surface area contributed by atoms with Gasteiger partial charge in [-0.1, -0.05) is 6.42 Å². The summed E-state index contributed by atoms with van der Waals surface area (Å²) >= 11 is 0. The summed E-state index contributed by atoms with van der Waals surface area (Å²) in [5, 5.41) is 5.99. The predicted molar refractivity (Wildman–Crippen MR) is 75.1 cm³/mol. The van der Waals surface area contributed by atoms with E-state index in [2.05, 4.69) is 15.5 Å². The van der Waals surface area contributed by atoms with Crippen LogP contribution in [-0.4, -0.2) is 62.8 Å². The van der Waals surface area contributed by atoms with Crippen molar-refractivity contribution in [2.45, 2.75) is 37.6 Å². The molecule has 0 bridgehead atoms. The minimum atomic E-state index is 0.0883. The molecule has 2 N–H and O–H groups in total. The van der Waals surface area contributed by atoms with Crippen molar-refractivity contribution in [1.82, 2.24) is 15.5 Å². The Labute approximate surface area is 116 Å². The molecular formula is C14H27N3O2. The maximum Gasteiger partial charge on any atom is 0.234 e. The Morgan fingerprint density at radius 3 is 2.53 bits per heavy atom. The number of likely N-dealkylation sites (N-methyl/N-ethyl adjacent to an activating group) is 1. The number of rotatable bonds is 5. The Morgan fingerprint density at radius 1 is 1.21 bits per heavy atom. The van der Waals surface area contributed by atoms with Crippen LogP contribution in [0.3, 0.4) is 0 Å². The van der Waals surface area contributed by atoms with E-state index in [4.69, 9.17) is 4.74 Å². The van der Waals surface area contributed by atoms with Gasteiger partial charge >= 0.3 is 0 Å². The number of nitrogens with one attached hydrogen (secondary N) is 2. The van der Waals surface area contributed by atoms with E-state index >= 15 is 0 Å². The number of nitrogens with zero attached hydrogens (tertiary/aromatic N) is 1. The molecule has 0 aromatic rings. The average Bonchev–Trinajstić information content (AvgIpc) is 2.47. The van der Waals surface area contributed by atoms with Gasteiger partial charge in [0.05, 0.1) is 6.54 Å². The van der Waals surface area contributed by atoms with E-state index in [1.54, 1.807) is 7.05 Å². The summed E-state index contributed by atoms with van der Waals surface area (Å²) in [7, 11) is 1.80. The number of hydrogen-bond donors (Lipinski definition) is 2. The Bertz CT molecular complexity index is 284. The highest BCUT2D eigenvalue weighted by Crippen LogP contribution is 2.30. The molecule has 2 aliphatic heterocycles. The van der Waals surface area contributed by atoms with Crippen LogP contribution in [0.25, 0.3) is 0 Å². The van der Waals surface area contributed by atoms with Crippen LogP contribution in [0.5, 0.6) is 0 Å². The first-order valence-electron chi connectivity index (χ1n) is 7.51. The van der Waals surface area contributed by atoms with Gasteiger partial charge in [0.15, 0.2) is 0 Å². The minimum Gasteiger partial charge on any atom is -0.381 e. The van der Waals surface area contributed by atoms with E-state index in [0.717, 1.165) is 32.6 Å². The zero-order valence-electron chi connectivity index (χ0n) is 12.0. The molecule has 2 saturated heterocycles. The fraction of sp³-hybridized carbons (Fsp3) is 0.929. The zero-order chi connectivity index (χ0) is 13.6. The fourth-order valence-corrected chi connectivity index (χ4v) is 3.21. The van der Waals surface area contributed by atoms with Crippen LogP contribution in [-0.2, 0) is 9.53 Å². The Kier molecular flexibility index (Phi) is 5.60. The second-order valence-electron chi connectivity index (χ2n) is 5.69. The van der Waals surface area contributed by atoms with Crippen molar-refractivity contribution in [3.63, 3.8) is 0 Å². The third-order valence-corrected chi connectivity index (χ3v) is 4.40. The van der Waals surface area contributed by atoms with E-state index in [1.807, 2.05) is 0 Å². The third-order valence-electron chi connectivity index (χ3n) is 4.40. The van der Waals surface area contributed by atoms with E-state index in [9.17, 15) is 4.79 Å². The maximum atomic E-state index is 11.7. The molecule has 0 aliphatic carbocycles. The molecule has 0 unspecified atom stereocenters. The lowest BCUT2D eigenvalue weighted by Crippen LogP contribution is -2.60. The van der Waals surface area contributed by atoms with Crippen LogP contribution in [0.2, 0.25) is 0 Å². The number of piperidine rings is 1. The molecule has 2 fully saturated rings. The number of hydrogen-bond acceptors (Lipinski definition) is 4. The largest absolute Gasteiger partial charge is 0.381 e. The van der Waals surface area contributed by atoms with Crippen LogP contribution in [0.1, 0.15) is 32.1 Å². The monoisotopic (exact) mass is 269 g/mol. The topological polar surface area (TPSA) is 53.6 Å². The van der Waals surface area contributed by atoms with Gasteiger partial charge in [0.2, 0.25) is 5.91 Å². The summed E-state index contributed by atoms with van der Waals surface area (Å²) in [5.41, 5.74) is 0.127. The van der Waals surface area contributed by atoms with Crippen LogP contribution in [0.4, 0.5) is 0 Å². The third kappa shape index (κ3) is 3.91. The van der Waals surface area contributed by atoms with Gasteiger partial charge in [-0.2, -0.15) is 0 Å². The molecule has 2 heterocycles. The molecule has 0 aromatic heterocycles. The standard InChI is InChI=1S/C14H27N3O2/c1-15-11-13(18)16-12-14(5-9-19-10-6-14)17-7-3-2-4-8-17/h15H,2-12H2,1H3,(H,16,18). The van der Waals surface area contributed by atoms with E-state index < -0.39 is 0 Å². The summed E-state index contributed by atoms with van der Waals surface area (Å²) in [6, 6.07) is 0. The average molecular weight is 269 g/mol. The molecule has 0 aromatic carbocycles. The van der Waals surface area contributed by atoms with Crippen molar-refractivity contribution in [2.75, 3.05) is 46.4 Å². The van der Waals surface area contributed by atoms with Gasteiger partial charge in [-0.15, -0.1) is 0 Å². The Morgan fingerprint density at radius 2 is 1.89 bits per heavy atom. The van der Waals surface area contributed by atoms with Gasteiger partial charge in [-0.05, 0) is 45.8 Å². The number of carbonyl (C=O) groups is 1. The van der Waals surface area contributed by atoms with Gasteiger partial charge in [-0.25, -0.2) is 0 Å². The second-order valence-corrected chi connectivity index (χ2v) is 5.69. The first-order chi connectivity index (χ1) is 9.27. The lowest BCUT2D eigenvalue weighted by atomic mass is 9.86. The van der Waals surface area contributed by atoms with Crippen LogP contribution in [0, 0.1) is 0 Å². The highest BCUT2D eigenvalue weighted by Gasteiger charge is 2.38. The first-order valence-corrected chi connectivity index (χ1v) is 7.51.